The van der Waals surface area contributed by atoms with Crippen molar-refractivity contribution in [1.82, 2.24) is 0 Å². The minimum absolute atomic E-state index is 0.561. The maximum Gasteiger partial charge on any atom is 0.101 e. The molecular formula is C12H13ClN2O. The van der Waals surface area contributed by atoms with Crippen molar-refractivity contribution < 1.29 is 5.11 Å². The van der Waals surface area contributed by atoms with Gasteiger partial charge in [0, 0.05) is 18.1 Å². The first-order valence-corrected chi connectivity index (χ1v) is 5.63. The van der Waals surface area contributed by atoms with Gasteiger partial charge < -0.3 is 10.0 Å². The third-order valence-electron chi connectivity index (χ3n) is 3.05. The topological polar surface area (TPSA) is 47.3 Å². The number of β-amino-alcohol motifs (C(OH)–C–C–N with tert-alkyl or cyclic N) is 1. The fourth-order valence-corrected chi connectivity index (χ4v) is 2.10. The second-order valence-corrected chi connectivity index (χ2v) is 4.64. The summed E-state index contributed by atoms with van der Waals surface area (Å²) in [6.45, 7) is 3.13. The van der Waals surface area contributed by atoms with Gasteiger partial charge in [-0.1, -0.05) is 18.5 Å². The fourth-order valence-electron chi connectivity index (χ4n) is 1.93. The van der Waals surface area contributed by atoms with Crippen LogP contribution in [0.5, 0.6) is 0 Å². The highest BCUT2D eigenvalue weighted by atomic mass is 35.5. The summed E-state index contributed by atoms with van der Waals surface area (Å²) in [5, 5.41) is 19.5. The molecule has 1 aliphatic heterocycles. The number of rotatable bonds is 2. The zero-order valence-electron chi connectivity index (χ0n) is 9.07. The number of benzene rings is 1. The number of nitriles is 1. The molecule has 0 aromatic heterocycles. The summed E-state index contributed by atoms with van der Waals surface area (Å²) in [6, 6.07) is 7.37. The lowest BCUT2D eigenvalue weighted by atomic mass is 9.90. The van der Waals surface area contributed by atoms with Crippen LogP contribution in [-0.4, -0.2) is 23.8 Å². The van der Waals surface area contributed by atoms with E-state index in [0.717, 1.165) is 12.1 Å². The molecule has 0 spiro atoms. The molecule has 0 aliphatic carbocycles. The molecule has 1 aliphatic rings. The number of anilines is 1. The van der Waals surface area contributed by atoms with Crippen molar-refractivity contribution in [3.05, 3.63) is 28.8 Å². The van der Waals surface area contributed by atoms with Crippen molar-refractivity contribution in [2.24, 2.45) is 0 Å². The molecular weight excluding hydrogens is 224 g/mol. The lowest BCUT2D eigenvalue weighted by molar-refractivity contribution is 0.00851. The van der Waals surface area contributed by atoms with Crippen molar-refractivity contribution >= 4 is 17.3 Å². The molecule has 0 radical (unpaired) electrons. The monoisotopic (exact) mass is 236 g/mol. The van der Waals surface area contributed by atoms with Crippen molar-refractivity contribution in [2.75, 3.05) is 18.0 Å². The molecule has 1 saturated heterocycles. The summed E-state index contributed by atoms with van der Waals surface area (Å²) in [5.41, 5.74) is 0.822. The minimum Gasteiger partial charge on any atom is -0.386 e. The van der Waals surface area contributed by atoms with Gasteiger partial charge in [0.25, 0.3) is 0 Å². The van der Waals surface area contributed by atoms with E-state index in [4.69, 9.17) is 16.9 Å². The number of halogens is 1. The summed E-state index contributed by atoms with van der Waals surface area (Å²) < 4.78 is 0. The van der Waals surface area contributed by atoms with E-state index < -0.39 is 5.60 Å². The van der Waals surface area contributed by atoms with Crippen LogP contribution in [0, 0.1) is 11.3 Å². The molecule has 0 bridgehead atoms. The Kier molecular flexibility index (Phi) is 2.79. The Morgan fingerprint density at radius 1 is 1.56 bits per heavy atom. The van der Waals surface area contributed by atoms with E-state index in [2.05, 4.69) is 6.07 Å². The highest BCUT2D eigenvalue weighted by molar-refractivity contribution is 6.30. The molecule has 0 saturated carbocycles. The third kappa shape index (κ3) is 1.87. The standard InChI is InChI=1S/C12H13ClN2O/c1-2-12(16)7-15(8-12)11-4-3-10(13)5-9(11)6-14/h3-5,16H,2,7-8H2,1H3. The lowest BCUT2D eigenvalue weighted by Crippen LogP contribution is -2.61. The predicted molar refractivity (Wildman–Crippen MR) is 63.6 cm³/mol. The largest absolute Gasteiger partial charge is 0.386 e. The number of aliphatic hydroxyl groups is 1. The van der Waals surface area contributed by atoms with Crippen LogP contribution in [0.2, 0.25) is 5.02 Å². The zero-order valence-corrected chi connectivity index (χ0v) is 9.83. The molecule has 84 valence electrons. The van der Waals surface area contributed by atoms with E-state index in [9.17, 15) is 5.11 Å². The number of nitrogens with zero attached hydrogens (tertiary/aromatic N) is 2. The first-order valence-electron chi connectivity index (χ1n) is 5.25. The van der Waals surface area contributed by atoms with Crippen molar-refractivity contribution in [2.45, 2.75) is 18.9 Å². The van der Waals surface area contributed by atoms with Crippen molar-refractivity contribution in [1.29, 1.82) is 5.26 Å². The van der Waals surface area contributed by atoms with Crippen molar-refractivity contribution in [3.63, 3.8) is 0 Å². The molecule has 0 amide bonds. The highest BCUT2D eigenvalue weighted by Crippen LogP contribution is 2.32. The van der Waals surface area contributed by atoms with Crippen molar-refractivity contribution in [3.8, 4) is 6.07 Å². The minimum atomic E-state index is -0.591. The molecule has 1 N–H and O–H groups in total. The molecule has 0 unspecified atom stereocenters. The van der Waals surface area contributed by atoms with Crippen LogP contribution in [-0.2, 0) is 0 Å². The number of hydrogen-bond acceptors (Lipinski definition) is 3. The molecule has 3 nitrogen and oxygen atoms in total. The summed E-state index contributed by atoms with van der Waals surface area (Å²) in [6.07, 6.45) is 0.735. The predicted octanol–water partition coefficient (Wildman–Crippen LogP) is 2.17. The Hall–Kier alpha value is -1.24. The van der Waals surface area contributed by atoms with Gasteiger partial charge in [0.1, 0.15) is 6.07 Å². The molecule has 1 fully saturated rings. The van der Waals surface area contributed by atoms with Gasteiger partial charge in [-0.25, -0.2) is 0 Å². The molecule has 0 atom stereocenters. The van der Waals surface area contributed by atoms with E-state index in [1.165, 1.54) is 0 Å². The maximum absolute atomic E-state index is 9.92. The molecule has 1 aromatic carbocycles. The van der Waals surface area contributed by atoms with Crippen LogP contribution in [0.25, 0.3) is 0 Å². The summed E-state index contributed by atoms with van der Waals surface area (Å²) in [7, 11) is 0. The second-order valence-electron chi connectivity index (χ2n) is 4.21. The molecule has 1 heterocycles. The Bertz CT molecular complexity index is 447. The van der Waals surface area contributed by atoms with Crippen LogP contribution >= 0.6 is 11.6 Å². The quantitative estimate of drug-likeness (QED) is 0.856. The van der Waals surface area contributed by atoms with Gasteiger partial charge in [0.15, 0.2) is 0 Å². The first-order chi connectivity index (χ1) is 7.58. The van der Waals surface area contributed by atoms with Gasteiger partial charge in [0.2, 0.25) is 0 Å². The smallest absolute Gasteiger partial charge is 0.101 e. The normalized spacial score (nSPS) is 17.8. The van der Waals surface area contributed by atoms with Crippen LogP contribution in [0.1, 0.15) is 18.9 Å². The maximum atomic E-state index is 9.92. The van der Waals surface area contributed by atoms with E-state index in [0.29, 0.717) is 23.7 Å². The van der Waals surface area contributed by atoms with E-state index in [-0.39, 0.29) is 0 Å². The van der Waals surface area contributed by atoms with Crippen LogP contribution in [0.4, 0.5) is 5.69 Å². The van der Waals surface area contributed by atoms with Gasteiger partial charge in [-0.3, -0.25) is 0 Å². The molecule has 2 rings (SSSR count). The summed E-state index contributed by atoms with van der Waals surface area (Å²) in [5.74, 6) is 0. The molecule has 4 heteroatoms. The van der Waals surface area contributed by atoms with E-state index in [1.807, 2.05) is 17.9 Å². The SMILES string of the molecule is CCC1(O)CN(c2ccc(Cl)cc2C#N)C1. The first kappa shape index (κ1) is 11.3. The van der Waals surface area contributed by atoms with E-state index in [1.54, 1.807) is 12.1 Å². The average Bonchev–Trinajstić information content (AvgIpc) is 2.25. The van der Waals surface area contributed by atoms with Gasteiger partial charge >= 0.3 is 0 Å². The Morgan fingerprint density at radius 2 is 2.25 bits per heavy atom. The second kappa shape index (κ2) is 3.97. The van der Waals surface area contributed by atoms with Gasteiger partial charge in [-0.05, 0) is 24.6 Å². The van der Waals surface area contributed by atoms with Gasteiger partial charge in [-0.2, -0.15) is 5.26 Å². The Labute approximate surface area is 99.9 Å². The van der Waals surface area contributed by atoms with Gasteiger partial charge in [0.05, 0.1) is 16.9 Å². The molecule has 16 heavy (non-hydrogen) atoms. The lowest BCUT2D eigenvalue weighted by Gasteiger charge is -2.47. The average molecular weight is 237 g/mol. The van der Waals surface area contributed by atoms with Crippen LogP contribution < -0.4 is 4.90 Å². The number of hydrogen-bond donors (Lipinski definition) is 1. The summed E-state index contributed by atoms with van der Waals surface area (Å²) in [4.78, 5) is 2.00. The van der Waals surface area contributed by atoms with E-state index >= 15 is 0 Å². The van der Waals surface area contributed by atoms with Gasteiger partial charge in [-0.15, -0.1) is 0 Å². The third-order valence-corrected chi connectivity index (χ3v) is 3.28. The fraction of sp³-hybridized carbons (Fsp3) is 0.417. The summed E-state index contributed by atoms with van der Waals surface area (Å²) >= 11 is 5.83. The Balaban J connectivity index is 2.21. The Morgan fingerprint density at radius 3 is 2.81 bits per heavy atom. The zero-order chi connectivity index (χ0) is 11.8. The van der Waals surface area contributed by atoms with Crippen LogP contribution in [0.15, 0.2) is 18.2 Å². The highest BCUT2D eigenvalue weighted by Gasteiger charge is 2.40. The molecule has 1 aromatic rings. The van der Waals surface area contributed by atoms with Crippen LogP contribution in [0.3, 0.4) is 0 Å².